The van der Waals surface area contributed by atoms with Gasteiger partial charge in [-0.3, -0.25) is 4.55 Å². The van der Waals surface area contributed by atoms with E-state index in [0.29, 0.717) is 16.5 Å². The molecule has 17 heavy (non-hydrogen) atoms. The molecule has 0 saturated carbocycles. The van der Waals surface area contributed by atoms with Gasteiger partial charge in [0.2, 0.25) is 0 Å². The summed E-state index contributed by atoms with van der Waals surface area (Å²) in [5, 5.41) is 1.10. The van der Waals surface area contributed by atoms with Crippen molar-refractivity contribution in [2.75, 3.05) is 7.11 Å². The molecule has 0 fully saturated rings. The molecule has 1 N–H and O–H groups in total. The van der Waals surface area contributed by atoms with Crippen molar-refractivity contribution in [1.29, 1.82) is 0 Å². The van der Waals surface area contributed by atoms with E-state index < -0.39 is 10.1 Å². The molecule has 0 aliphatic carbocycles. The molecule has 6 heteroatoms. The summed E-state index contributed by atoms with van der Waals surface area (Å²) in [5.41, 5.74) is 0. The maximum Gasteiger partial charge on any atom is 0.295 e. The van der Waals surface area contributed by atoms with E-state index in [-0.39, 0.29) is 34.5 Å². The fourth-order valence-corrected chi connectivity index (χ4v) is 2.34. The van der Waals surface area contributed by atoms with Crippen LogP contribution in [0.2, 0.25) is 0 Å². The van der Waals surface area contributed by atoms with Crippen molar-refractivity contribution in [2.24, 2.45) is 0 Å². The van der Waals surface area contributed by atoms with Gasteiger partial charge in [-0.15, -0.1) is 0 Å². The minimum atomic E-state index is -4.21. The van der Waals surface area contributed by atoms with Gasteiger partial charge in [0.25, 0.3) is 10.1 Å². The van der Waals surface area contributed by atoms with Crippen molar-refractivity contribution in [2.45, 2.75) is 4.90 Å². The molecule has 0 atom stereocenters. The number of hydrogen-bond donors (Lipinski definition) is 1. The van der Waals surface area contributed by atoms with Crippen molar-refractivity contribution in [3.8, 4) is 5.75 Å². The quantitative estimate of drug-likeness (QED) is 0.660. The molecule has 1 radical (unpaired) electrons. The molecule has 0 aromatic heterocycles. The van der Waals surface area contributed by atoms with Gasteiger partial charge >= 0.3 is 0 Å². The Labute approximate surface area is 122 Å². The van der Waals surface area contributed by atoms with Gasteiger partial charge in [0.15, 0.2) is 0 Å². The van der Waals surface area contributed by atoms with Gasteiger partial charge in [-0.25, -0.2) is 0 Å². The predicted molar refractivity (Wildman–Crippen MR) is 66.1 cm³/mol. The molecule has 0 unspecified atom stereocenters. The van der Waals surface area contributed by atoms with Crippen molar-refractivity contribution < 1.29 is 17.7 Å². The SMILES string of the molecule is COc1ccc(S(=O)(=O)O)c2ccccc12.[Na]. The smallest absolute Gasteiger partial charge is 0.295 e. The van der Waals surface area contributed by atoms with Crippen LogP contribution in [0.1, 0.15) is 0 Å². The first-order valence-corrected chi connectivity index (χ1v) is 6.01. The molecule has 0 saturated heterocycles. The fourth-order valence-electron chi connectivity index (χ4n) is 1.65. The van der Waals surface area contributed by atoms with Crippen LogP contribution in [0.3, 0.4) is 0 Å². The van der Waals surface area contributed by atoms with E-state index in [1.807, 2.05) is 0 Å². The molecule has 2 aromatic rings. The van der Waals surface area contributed by atoms with E-state index in [2.05, 4.69) is 0 Å². The Kier molecular flexibility index (Phi) is 4.57. The summed E-state index contributed by atoms with van der Waals surface area (Å²) in [6.45, 7) is 0. The third-order valence-corrected chi connectivity index (χ3v) is 3.25. The van der Waals surface area contributed by atoms with Gasteiger partial charge in [0.1, 0.15) is 10.6 Å². The first-order valence-electron chi connectivity index (χ1n) is 4.57. The summed E-state index contributed by atoms with van der Waals surface area (Å²) in [5.74, 6) is 0.572. The van der Waals surface area contributed by atoms with Gasteiger partial charge < -0.3 is 4.74 Å². The second-order valence-electron chi connectivity index (χ2n) is 3.29. The average Bonchev–Trinajstić information content (AvgIpc) is 2.26. The van der Waals surface area contributed by atoms with Gasteiger partial charge in [-0.1, -0.05) is 24.3 Å². The van der Waals surface area contributed by atoms with Crippen molar-refractivity contribution in [3.05, 3.63) is 36.4 Å². The Morgan fingerprint density at radius 2 is 1.65 bits per heavy atom. The van der Waals surface area contributed by atoms with E-state index in [9.17, 15) is 8.42 Å². The van der Waals surface area contributed by atoms with Crippen LogP contribution in [-0.4, -0.2) is 49.6 Å². The molecule has 2 rings (SSSR count). The van der Waals surface area contributed by atoms with E-state index >= 15 is 0 Å². The van der Waals surface area contributed by atoms with Crippen molar-refractivity contribution in [1.82, 2.24) is 0 Å². The Balaban J connectivity index is 0.00000144. The number of rotatable bonds is 2. The van der Waals surface area contributed by atoms with Crippen LogP contribution >= 0.6 is 0 Å². The average molecular weight is 261 g/mol. The summed E-state index contributed by atoms with van der Waals surface area (Å²) >= 11 is 0. The van der Waals surface area contributed by atoms with Gasteiger partial charge in [-0.2, -0.15) is 8.42 Å². The number of hydrogen-bond acceptors (Lipinski definition) is 3. The summed E-state index contributed by atoms with van der Waals surface area (Å²) in [6.07, 6.45) is 0. The molecule has 4 nitrogen and oxygen atoms in total. The topological polar surface area (TPSA) is 63.6 Å². The molecule has 0 aliphatic heterocycles. The first-order chi connectivity index (χ1) is 7.54. The molecule has 0 heterocycles. The fraction of sp³-hybridized carbons (Fsp3) is 0.0909. The zero-order valence-electron chi connectivity index (χ0n) is 9.54. The largest absolute Gasteiger partial charge is 0.496 e. The van der Waals surface area contributed by atoms with Gasteiger partial charge in [0.05, 0.1) is 7.11 Å². The first kappa shape index (κ1) is 14.5. The molecule has 0 amide bonds. The molecule has 0 bridgehead atoms. The number of methoxy groups -OCH3 is 1. The molecular weight excluding hydrogens is 251 g/mol. The third-order valence-electron chi connectivity index (χ3n) is 2.34. The van der Waals surface area contributed by atoms with E-state index in [1.54, 1.807) is 24.3 Å². The van der Waals surface area contributed by atoms with Crippen LogP contribution in [0.25, 0.3) is 10.8 Å². The van der Waals surface area contributed by atoms with Gasteiger partial charge in [-0.05, 0) is 12.1 Å². The van der Waals surface area contributed by atoms with E-state index in [1.165, 1.54) is 19.2 Å². The summed E-state index contributed by atoms with van der Waals surface area (Å²) in [6, 6.07) is 9.70. The third kappa shape index (κ3) is 2.81. The van der Waals surface area contributed by atoms with Gasteiger partial charge in [0, 0.05) is 40.3 Å². The summed E-state index contributed by atoms with van der Waals surface area (Å²) in [7, 11) is -2.70. The Bertz CT molecular complexity index is 637. The Morgan fingerprint density at radius 3 is 2.18 bits per heavy atom. The maximum absolute atomic E-state index is 11.2. The van der Waals surface area contributed by atoms with E-state index in [4.69, 9.17) is 9.29 Å². The van der Waals surface area contributed by atoms with Crippen LogP contribution < -0.4 is 4.74 Å². The minimum Gasteiger partial charge on any atom is -0.496 e. The van der Waals surface area contributed by atoms with Crippen LogP contribution in [-0.2, 0) is 10.1 Å². The summed E-state index contributed by atoms with van der Waals surface area (Å²) in [4.78, 5) is -0.107. The standard InChI is InChI=1S/C11H10O4S.Na/c1-15-10-6-7-11(16(12,13)14)9-5-3-2-4-8(9)10;/h2-7H,1H3,(H,12,13,14);. The number of fused-ring (bicyclic) bond motifs is 1. The second-order valence-corrected chi connectivity index (χ2v) is 4.68. The van der Waals surface area contributed by atoms with Crippen LogP contribution in [0.15, 0.2) is 41.3 Å². The van der Waals surface area contributed by atoms with Crippen LogP contribution in [0.4, 0.5) is 0 Å². The summed E-state index contributed by atoms with van der Waals surface area (Å²) < 4.78 is 36.5. The minimum absolute atomic E-state index is 0. The Hall–Kier alpha value is -0.590. The molecule has 0 spiro atoms. The normalized spacial score (nSPS) is 10.9. The zero-order chi connectivity index (χ0) is 11.8. The van der Waals surface area contributed by atoms with Crippen molar-refractivity contribution >= 4 is 50.4 Å². The van der Waals surface area contributed by atoms with Crippen LogP contribution in [0.5, 0.6) is 5.75 Å². The second kappa shape index (κ2) is 5.37. The molecule has 2 aromatic carbocycles. The molecular formula is C11H10NaO4S. The number of ether oxygens (including phenoxy) is 1. The maximum atomic E-state index is 11.2. The number of benzene rings is 2. The monoisotopic (exact) mass is 261 g/mol. The van der Waals surface area contributed by atoms with E-state index in [0.717, 1.165) is 0 Å². The Morgan fingerprint density at radius 1 is 1.06 bits per heavy atom. The predicted octanol–water partition coefficient (Wildman–Crippen LogP) is 1.71. The molecule has 85 valence electrons. The zero-order valence-corrected chi connectivity index (χ0v) is 12.4. The van der Waals surface area contributed by atoms with Crippen LogP contribution in [0, 0.1) is 0 Å². The molecule has 0 aliphatic rings. The van der Waals surface area contributed by atoms with Crippen molar-refractivity contribution in [3.63, 3.8) is 0 Å².